The second-order valence-electron chi connectivity index (χ2n) is 4.37. The van der Waals surface area contributed by atoms with Gasteiger partial charge in [-0.05, 0) is 36.6 Å². The van der Waals surface area contributed by atoms with Crippen LogP contribution in [-0.4, -0.2) is 13.1 Å². The summed E-state index contributed by atoms with van der Waals surface area (Å²) in [4.78, 5) is 0. The SMILES string of the molecule is CCC[C@H]1CNC[C@@H]1c1ccc(Cl)cc1. The molecule has 1 aromatic rings. The molecular weight excluding hydrogens is 206 g/mol. The molecule has 82 valence electrons. The molecule has 0 aliphatic carbocycles. The summed E-state index contributed by atoms with van der Waals surface area (Å²) in [5.74, 6) is 1.48. The normalized spacial score (nSPS) is 25.7. The average Bonchev–Trinajstić information content (AvgIpc) is 2.68. The Kier molecular flexibility index (Phi) is 3.66. The third kappa shape index (κ3) is 2.53. The molecule has 1 aliphatic rings. The Morgan fingerprint density at radius 2 is 2.00 bits per heavy atom. The van der Waals surface area contributed by atoms with Crippen LogP contribution in [0, 0.1) is 5.92 Å². The summed E-state index contributed by atoms with van der Waals surface area (Å²) in [6, 6.07) is 8.34. The van der Waals surface area contributed by atoms with Crippen LogP contribution in [0.15, 0.2) is 24.3 Å². The number of hydrogen-bond donors (Lipinski definition) is 1. The van der Waals surface area contributed by atoms with Crippen molar-refractivity contribution < 1.29 is 0 Å². The lowest BCUT2D eigenvalue weighted by Gasteiger charge is -2.18. The van der Waals surface area contributed by atoms with Gasteiger partial charge in [-0.3, -0.25) is 0 Å². The first-order valence-electron chi connectivity index (χ1n) is 5.77. The van der Waals surface area contributed by atoms with E-state index < -0.39 is 0 Å². The molecule has 0 radical (unpaired) electrons. The number of benzene rings is 1. The van der Waals surface area contributed by atoms with Gasteiger partial charge in [0.05, 0.1) is 0 Å². The van der Waals surface area contributed by atoms with Gasteiger partial charge in [-0.25, -0.2) is 0 Å². The molecule has 1 aliphatic heterocycles. The number of nitrogens with one attached hydrogen (secondary N) is 1. The van der Waals surface area contributed by atoms with Crippen LogP contribution in [0.5, 0.6) is 0 Å². The van der Waals surface area contributed by atoms with Crippen molar-refractivity contribution in [3.63, 3.8) is 0 Å². The van der Waals surface area contributed by atoms with Gasteiger partial charge in [-0.1, -0.05) is 37.1 Å². The van der Waals surface area contributed by atoms with Crippen LogP contribution >= 0.6 is 11.6 Å². The Morgan fingerprint density at radius 1 is 1.27 bits per heavy atom. The summed E-state index contributed by atoms with van der Waals surface area (Å²) in [7, 11) is 0. The highest BCUT2D eigenvalue weighted by molar-refractivity contribution is 6.30. The zero-order valence-electron chi connectivity index (χ0n) is 9.17. The summed E-state index contributed by atoms with van der Waals surface area (Å²) in [5.41, 5.74) is 1.43. The van der Waals surface area contributed by atoms with E-state index >= 15 is 0 Å². The van der Waals surface area contributed by atoms with Gasteiger partial charge in [0.1, 0.15) is 0 Å². The maximum absolute atomic E-state index is 5.90. The molecule has 1 aromatic carbocycles. The molecular formula is C13H18ClN. The Morgan fingerprint density at radius 3 is 2.67 bits per heavy atom. The fourth-order valence-electron chi connectivity index (χ4n) is 2.51. The Labute approximate surface area is 96.8 Å². The molecule has 0 amide bonds. The summed E-state index contributed by atoms with van der Waals surface area (Å²) < 4.78 is 0. The fraction of sp³-hybridized carbons (Fsp3) is 0.538. The van der Waals surface area contributed by atoms with E-state index in [4.69, 9.17) is 11.6 Å². The monoisotopic (exact) mass is 223 g/mol. The Balaban J connectivity index is 2.11. The zero-order valence-corrected chi connectivity index (χ0v) is 9.93. The van der Waals surface area contributed by atoms with Gasteiger partial charge in [0, 0.05) is 17.5 Å². The quantitative estimate of drug-likeness (QED) is 0.828. The van der Waals surface area contributed by atoms with Crippen LogP contribution in [0.3, 0.4) is 0 Å². The van der Waals surface area contributed by atoms with E-state index in [2.05, 4.69) is 24.4 Å². The van der Waals surface area contributed by atoms with Gasteiger partial charge in [0.15, 0.2) is 0 Å². The molecule has 2 rings (SSSR count). The summed E-state index contributed by atoms with van der Waals surface area (Å²) in [6.07, 6.45) is 2.59. The molecule has 0 bridgehead atoms. The maximum atomic E-state index is 5.90. The lowest BCUT2D eigenvalue weighted by molar-refractivity contribution is 0.474. The largest absolute Gasteiger partial charge is 0.316 e. The van der Waals surface area contributed by atoms with Gasteiger partial charge in [0.25, 0.3) is 0 Å². The smallest absolute Gasteiger partial charge is 0.0406 e. The maximum Gasteiger partial charge on any atom is 0.0406 e. The van der Waals surface area contributed by atoms with Crippen LogP contribution in [0.25, 0.3) is 0 Å². The summed E-state index contributed by atoms with van der Waals surface area (Å²) in [6.45, 7) is 4.55. The highest BCUT2D eigenvalue weighted by atomic mass is 35.5. The van der Waals surface area contributed by atoms with Crippen LogP contribution < -0.4 is 5.32 Å². The molecule has 2 atom stereocenters. The van der Waals surface area contributed by atoms with E-state index in [1.807, 2.05) is 12.1 Å². The Bertz CT molecular complexity index is 307. The number of hydrogen-bond acceptors (Lipinski definition) is 1. The highest BCUT2D eigenvalue weighted by Crippen LogP contribution is 2.31. The molecule has 0 saturated carbocycles. The van der Waals surface area contributed by atoms with E-state index in [0.717, 1.165) is 17.5 Å². The predicted octanol–water partition coefficient (Wildman–Crippen LogP) is 3.44. The van der Waals surface area contributed by atoms with Crippen molar-refractivity contribution in [1.29, 1.82) is 0 Å². The lowest BCUT2D eigenvalue weighted by Crippen LogP contribution is -2.10. The third-order valence-corrected chi connectivity index (χ3v) is 3.55. The molecule has 1 saturated heterocycles. The summed E-state index contributed by atoms with van der Waals surface area (Å²) in [5, 5.41) is 4.32. The second kappa shape index (κ2) is 5.00. The molecule has 0 spiro atoms. The minimum Gasteiger partial charge on any atom is -0.316 e. The molecule has 1 nitrogen and oxygen atoms in total. The summed E-state index contributed by atoms with van der Waals surface area (Å²) >= 11 is 5.90. The van der Waals surface area contributed by atoms with Crippen LogP contribution in [0.1, 0.15) is 31.2 Å². The average molecular weight is 224 g/mol. The first kappa shape index (κ1) is 11.0. The standard InChI is InChI=1S/C13H18ClN/c1-2-3-11-8-15-9-13(11)10-4-6-12(14)7-5-10/h4-7,11,13,15H,2-3,8-9H2,1H3/t11-,13+/m0/s1. The minimum absolute atomic E-state index is 0.683. The molecule has 0 aromatic heterocycles. The van der Waals surface area contributed by atoms with E-state index in [0.29, 0.717) is 5.92 Å². The van der Waals surface area contributed by atoms with E-state index in [1.165, 1.54) is 24.9 Å². The van der Waals surface area contributed by atoms with Crippen molar-refractivity contribution in [3.8, 4) is 0 Å². The van der Waals surface area contributed by atoms with Gasteiger partial charge in [-0.15, -0.1) is 0 Å². The minimum atomic E-state index is 0.683. The third-order valence-electron chi connectivity index (χ3n) is 3.30. The van der Waals surface area contributed by atoms with Crippen molar-refractivity contribution in [2.45, 2.75) is 25.7 Å². The van der Waals surface area contributed by atoms with Gasteiger partial charge >= 0.3 is 0 Å². The topological polar surface area (TPSA) is 12.0 Å². The first-order valence-corrected chi connectivity index (χ1v) is 6.15. The van der Waals surface area contributed by atoms with Crippen molar-refractivity contribution in [2.75, 3.05) is 13.1 Å². The van der Waals surface area contributed by atoms with Gasteiger partial charge in [0.2, 0.25) is 0 Å². The van der Waals surface area contributed by atoms with Crippen molar-refractivity contribution in [1.82, 2.24) is 5.32 Å². The Hall–Kier alpha value is -0.530. The van der Waals surface area contributed by atoms with Crippen molar-refractivity contribution in [2.24, 2.45) is 5.92 Å². The molecule has 1 N–H and O–H groups in total. The van der Waals surface area contributed by atoms with Crippen molar-refractivity contribution >= 4 is 11.6 Å². The van der Waals surface area contributed by atoms with Crippen LogP contribution in [-0.2, 0) is 0 Å². The molecule has 2 heteroatoms. The van der Waals surface area contributed by atoms with Gasteiger partial charge in [-0.2, -0.15) is 0 Å². The van der Waals surface area contributed by atoms with Gasteiger partial charge < -0.3 is 5.32 Å². The fourth-order valence-corrected chi connectivity index (χ4v) is 2.63. The number of halogens is 1. The molecule has 15 heavy (non-hydrogen) atoms. The molecule has 1 fully saturated rings. The highest BCUT2D eigenvalue weighted by Gasteiger charge is 2.27. The van der Waals surface area contributed by atoms with Crippen LogP contribution in [0.2, 0.25) is 5.02 Å². The predicted molar refractivity (Wildman–Crippen MR) is 65.5 cm³/mol. The van der Waals surface area contributed by atoms with E-state index in [9.17, 15) is 0 Å². The molecule has 0 unspecified atom stereocenters. The van der Waals surface area contributed by atoms with Crippen molar-refractivity contribution in [3.05, 3.63) is 34.9 Å². The van der Waals surface area contributed by atoms with E-state index in [1.54, 1.807) is 0 Å². The second-order valence-corrected chi connectivity index (χ2v) is 4.80. The zero-order chi connectivity index (χ0) is 10.7. The first-order chi connectivity index (χ1) is 7.31. The molecule has 1 heterocycles. The van der Waals surface area contributed by atoms with Crippen LogP contribution in [0.4, 0.5) is 0 Å². The number of rotatable bonds is 3. The van der Waals surface area contributed by atoms with E-state index in [-0.39, 0.29) is 0 Å². The lowest BCUT2D eigenvalue weighted by atomic mass is 9.86.